The molecule has 0 saturated heterocycles. The van der Waals surface area contributed by atoms with Gasteiger partial charge in [0.15, 0.2) is 11.6 Å². The van der Waals surface area contributed by atoms with E-state index in [1.165, 1.54) is 19.3 Å². The fraction of sp³-hybridized carbons (Fsp3) is 0.588. The molecule has 1 N–H and O–H groups in total. The number of amides is 1. The van der Waals surface area contributed by atoms with Crippen LogP contribution in [0.1, 0.15) is 38.5 Å². The van der Waals surface area contributed by atoms with Crippen LogP contribution in [0.15, 0.2) is 18.3 Å². The SMILES string of the molecule is N#CCCCOc1cccnc1NC(=O)C1CC2CCC1C2. The summed E-state index contributed by atoms with van der Waals surface area (Å²) in [6.45, 7) is 0.455. The minimum absolute atomic E-state index is 0.0766. The van der Waals surface area contributed by atoms with Crippen LogP contribution in [0.3, 0.4) is 0 Å². The number of anilines is 1. The van der Waals surface area contributed by atoms with Crippen LogP contribution >= 0.6 is 0 Å². The van der Waals surface area contributed by atoms with E-state index < -0.39 is 0 Å². The van der Waals surface area contributed by atoms with Crippen molar-refractivity contribution in [2.75, 3.05) is 11.9 Å². The molecule has 1 aromatic rings. The molecule has 2 fully saturated rings. The van der Waals surface area contributed by atoms with E-state index in [-0.39, 0.29) is 11.8 Å². The Morgan fingerprint density at radius 3 is 3.09 bits per heavy atom. The third-order valence-electron chi connectivity index (χ3n) is 4.78. The van der Waals surface area contributed by atoms with Gasteiger partial charge in [-0.25, -0.2) is 4.98 Å². The van der Waals surface area contributed by atoms with Crippen LogP contribution in [0, 0.1) is 29.1 Å². The maximum Gasteiger partial charge on any atom is 0.229 e. The highest BCUT2D eigenvalue weighted by Crippen LogP contribution is 2.48. The van der Waals surface area contributed by atoms with E-state index in [2.05, 4.69) is 16.4 Å². The average Bonchev–Trinajstić information content (AvgIpc) is 3.16. The summed E-state index contributed by atoms with van der Waals surface area (Å²) in [5, 5.41) is 11.5. The molecular formula is C17H21N3O2. The smallest absolute Gasteiger partial charge is 0.229 e. The van der Waals surface area contributed by atoms with Gasteiger partial charge in [0.2, 0.25) is 5.91 Å². The number of unbranched alkanes of at least 4 members (excludes halogenated alkanes) is 1. The molecule has 0 aliphatic heterocycles. The normalized spacial score (nSPS) is 25.7. The average molecular weight is 299 g/mol. The highest BCUT2D eigenvalue weighted by molar-refractivity contribution is 5.93. The van der Waals surface area contributed by atoms with Crippen LogP contribution in [-0.4, -0.2) is 17.5 Å². The lowest BCUT2D eigenvalue weighted by Crippen LogP contribution is -2.27. The zero-order valence-electron chi connectivity index (χ0n) is 12.6. The number of ether oxygens (including phenoxy) is 1. The van der Waals surface area contributed by atoms with Crippen LogP contribution in [0.4, 0.5) is 5.82 Å². The Labute approximate surface area is 130 Å². The Morgan fingerprint density at radius 2 is 2.36 bits per heavy atom. The van der Waals surface area contributed by atoms with Gasteiger partial charge < -0.3 is 10.1 Å². The predicted octanol–water partition coefficient (Wildman–Crippen LogP) is 3.14. The minimum Gasteiger partial charge on any atom is -0.490 e. The Bertz CT molecular complexity index is 582. The summed E-state index contributed by atoms with van der Waals surface area (Å²) in [7, 11) is 0. The van der Waals surface area contributed by atoms with E-state index in [0.717, 1.165) is 12.3 Å². The summed E-state index contributed by atoms with van der Waals surface area (Å²) in [4.78, 5) is 16.7. The summed E-state index contributed by atoms with van der Waals surface area (Å²) in [6, 6.07) is 5.67. The maximum absolute atomic E-state index is 12.5. The summed E-state index contributed by atoms with van der Waals surface area (Å²) in [5.41, 5.74) is 0. The number of nitrogens with zero attached hydrogens (tertiary/aromatic N) is 2. The van der Waals surface area contributed by atoms with E-state index in [4.69, 9.17) is 10.00 Å². The van der Waals surface area contributed by atoms with Gasteiger partial charge in [0.25, 0.3) is 0 Å². The van der Waals surface area contributed by atoms with Crippen LogP contribution in [-0.2, 0) is 4.79 Å². The molecule has 3 unspecified atom stereocenters. The van der Waals surface area contributed by atoms with Gasteiger partial charge in [0.05, 0.1) is 12.7 Å². The van der Waals surface area contributed by atoms with Crippen LogP contribution in [0.2, 0.25) is 0 Å². The van der Waals surface area contributed by atoms with E-state index in [9.17, 15) is 4.79 Å². The molecule has 5 heteroatoms. The van der Waals surface area contributed by atoms with Gasteiger partial charge >= 0.3 is 0 Å². The van der Waals surface area contributed by atoms with Crippen LogP contribution in [0.25, 0.3) is 0 Å². The first-order valence-corrected chi connectivity index (χ1v) is 8.03. The number of hydrogen-bond acceptors (Lipinski definition) is 4. The summed E-state index contributed by atoms with van der Waals surface area (Å²) in [5.74, 6) is 2.57. The van der Waals surface area contributed by atoms with Crippen molar-refractivity contribution in [3.8, 4) is 11.8 Å². The molecule has 2 aliphatic carbocycles. The largest absolute Gasteiger partial charge is 0.490 e. The van der Waals surface area contributed by atoms with Gasteiger partial charge in [-0.3, -0.25) is 4.79 Å². The van der Waals surface area contributed by atoms with Gasteiger partial charge in [-0.15, -0.1) is 0 Å². The first-order valence-electron chi connectivity index (χ1n) is 8.03. The van der Waals surface area contributed by atoms with Gasteiger partial charge in [-0.05, 0) is 49.7 Å². The molecule has 5 nitrogen and oxygen atoms in total. The quantitative estimate of drug-likeness (QED) is 0.819. The second-order valence-electron chi connectivity index (χ2n) is 6.23. The zero-order valence-corrected chi connectivity index (χ0v) is 12.6. The first-order chi connectivity index (χ1) is 10.8. The molecule has 2 saturated carbocycles. The molecule has 0 radical (unpaired) electrons. The highest BCUT2D eigenvalue weighted by atomic mass is 16.5. The molecule has 2 bridgehead atoms. The highest BCUT2D eigenvalue weighted by Gasteiger charge is 2.43. The molecule has 1 aromatic heterocycles. The fourth-order valence-corrected chi connectivity index (χ4v) is 3.71. The number of nitriles is 1. The summed E-state index contributed by atoms with van der Waals surface area (Å²) < 4.78 is 5.64. The molecule has 116 valence electrons. The molecule has 1 amide bonds. The molecular weight excluding hydrogens is 278 g/mol. The molecule has 3 rings (SSSR count). The molecule has 0 aromatic carbocycles. The number of aromatic nitrogens is 1. The number of carbonyl (C=O) groups is 1. The molecule has 0 spiro atoms. The van der Waals surface area contributed by atoms with E-state index >= 15 is 0 Å². The third kappa shape index (κ3) is 3.22. The summed E-state index contributed by atoms with van der Waals surface area (Å²) in [6.07, 6.45) is 7.48. The predicted molar refractivity (Wildman–Crippen MR) is 82.1 cm³/mol. The van der Waals surface area contributed by atoms with Crippen molar-refractivity contribution in [2.45, 2.75) is 38.5 Å². The van der Waals surface area contributed by atoms with Gasteiger partial charge in [0, 0.05) is 18.5 Å². The maximum atomic E-state index is 12.5. The molecule has 22 heavy (non-hydrogen) atoms. The van der Waals surface area contributed by atoms with Crippen molar-refractivity contribution in [3.05, 3.63) is 18.3 Å². The fourth-order valence-electron chi connectivity index (χ4n) is 3.71. The second-order valence-corrected chi connectivity index (χ2v) is 6.23. The monoisotopic (exact) mass is 299 g/mol. The third-order valence-corrected chi connectivity index (χ3v) is 4.78. The number of nitrogens with one attached hydrogen (secondary N) is 1. The standard InChI is InChI=1S/C17H21N3O2/c18-7-1-2-9-22-15-4-3-8-19-16(15)20-17(21)14-11-12-5-6-13(14)10-12/h3-4,8,12-14H,1-2,5-6,9-11H2,(H,19,20,21). The lowest BCUT2D eigenvalue weighted by molar-refractivity contribution is -0.121. The van der Waals surface area contributed by atoms with Crippen molar-refractivity contribution in [2.24, 2.45) is 17.8 Å². The van der Waals surface area contributed by atoms with E-state index in [1.54, 1.807) is 18.3 Å². The Morgan fingerprint density at radius 1 is 1.45 bits per heavy atom. The van der Waals surface area contributed by atoms with Crippen molar-refractivity contribution < 1.29 is 9.53 Å². The van der Waals surface area contributed by atoms with Gasteiger partial charge in [0.1, 0.15) is 0 Å². The van der Waals surface area contributed by atoms with Crippen molar-refractivity contribution >= 4 is 11.7 Å². The summed E-state index contributed by atoms with van der Waals surface area (Å²) >= 11 is 0. The molecule has 3 atom stereocenters. The van der Waals surface area contributed by atoms with Crippen LogP contribution < -0.4 is 10.1 Å². The lowest BCUT2D eigenvalue weighted by Gasteiger charge is -2.21. The van der Waals surface area contributed by atoms with E-state index in [1.807, 2.05) is 0 Å². The minimum atomic E-state index is 0.0766. The Kier molecular flexibility index (Phi) is 4.57. The first kappa shape index (κ1) is 14.8. The van der Waals surface area contributed by atoms with Crippen LogP contribution in [0.5, 0.6) is 5.75 Å². The molecule has 1 heterocycles. The van der Waals surface area contributed by atoms with Crippen molar-refractivity contribution in [3.63, 3.8) is 0 Å². The van der Waals surface area contributed by atoms with E-state index in [0.29, 0.717) is 36.9 Å². The number of pyridine rings is 1. The second kappa shape index (κ2) is 6.78. The number of fused-ring (bicyclic) bond motifs is 2. The van der Waals surface area contributed by atoms with Crippen molar-refractivity contribution in [1.82, 2.24) is 4.98 Å². The van der Waals surface area contributed by atoms with Gasteiger partial charge in [-0.2, -0.15) is 5.26 Å². The van der Waals surface area contributed by atoms with Crippen molar-refractivity contribution in [1.29, 1.82) is 5.26 Å². The lowest BCUT2D eigenvalue weighted by atomic mass is 9.88. The number of hydrogen-bond donors (Lipinski definition) is 1. The molecule has 2 aliphatic rings. The number of carbonyl (C=O) groups excluding carboxylic acids is 1. The Hall–Kier alpha value is -2.09. The topological polar surface area (TPSA) is 75.0 Å². The number of rotatable bonds is 6. The zero-order chi connectivity index (χ0) is 15.4. The van der Waals surface area contributed by atoms with Gasteiger partial charge in [-0.1, -0.05) is 6.42 Å². The Balaban J connectivity index is 1.60.